The average Bonchev–Trinajstić information content (AvgIpc) is 3.53. The monoisotopic (exact) mass is 492 g/mol. The van der Waals surface area contributed by atoms with E-state index in [1.165, 1.54) is 12.1 Å². The van der Waals surface area contributed by atoms with E-state index in [4.69, 9.17) is 0 Å². The van der Waals surface area contributed by atoms with Gasteiger partial charge in [-0.15, -0.1) is 0 Å². The zero-order valence-corrected chi connectivity index (χ0v) is 21.0. The van der Waals surface area contributed by atoms with Crippen LogP contribution >= 0.6 is 0 Å². The molecule has 0 bridgehead atoms. The summed E-state index contributed by atoms with van der Waals surface area (Å²) in [7, 11) is 2.08. The fourth-order valence-electron chi connectivity index (χ4n) is 4.55. The van der Waals surface area contributed by atoms with Crippen molar-refractivity contribution in [2.24, 2.45) is 4.99 Å². The van der Waals surface area contributed by atoms with Crippen LogP contribution in [-0.2, 0) is 0 Å². The molecule has 1 atom stereocenters. The van der Waals surface area contributed by atoms with E-state index in [9.17, 15) is 4.39 Å². The minimum absolute atomic E-state index is 0.236. The first-order chi connectivity index (χ1) is 17.5. The number of aliphatic imine (C=N–C) groups is 1. The molecule has 0 radical (unpaired) electrons. The molecule has 4 rings (SSSR count). The summed E-state index contributed by atoms with van der Waals surface area (Å²) in [4.78, 5) is 14.0. The molecule has 1 fully saturated rings. The molecule has 2 heterocycles. The number of benzene rings is 2. The van der Waals surface area contributed by atoms with Crippen molar-refractivity contribution >= 4 is 12.4 Å². The minimum atomic E-state index is -0.444. The van der Waals surface area contributed by atoms with Crippen molar-refractivity contribution < 1.29 is 8.78 Å². The van der Waals surface area contributed by atoms with Crippen molar-refractivity contribution in [3.05, 3.63) is 71.8 Å². The summed E-state index contributed by atoms with van der Waals surface area (Å²) in [5.74, 6) is 0.0270. The fraction of sp³-hybridized carbons (Fsp3) is 0.357. The van der Waals surface area contributed by atoms with E-state index >= 15 is 4.39 Å². The van der Waals surface area contributed by atoms with Gasteiger partial charge in [-0.25, -0.2) is 13.8 Å². The highest BCUT2D eigenvalue weighted by Gasteiger charge is 2.25. The zero-order chi connectivity index (χ0) is 25.5. The lowest BCUT2D eigenvalue weighted by atomic mass is 10.00. The van der Waals surface area contributed by atoms with Crippen LogP contribution in [0.2, 0.25) is 0 Å². The zero-order valence-electron chi connectivity index (χ0n) is 21.0. The number of rotatable bonds is 11. The van der Waals surface area contributed by atoms with Crippen molar-refractivity contribution in [3.63, 3.8) is 0 Å². The van der Waals surface area contributed by atoms with Crippen molar-refractivity contribution in [2.75, 3.05) is 33.2 Å². The van der Waals surface area contributed by atoms with E-state index in [1.807, 2.05) is 0 Å². The molecule has 36 heavy (non-hydrogen) atoms. The third-order valence-corrected chi connectivity index (χ3v) is 6.55. The van der Waals surface area contributed by atoms with Crippen LogP contribution in [0.15, 0.2) is 53.8 Å². The highest BCUT2D eigenvalue weighted by Crippen LogP contribution is 2.32. The third kappa shape index (κ3) is 5.88. The van der Waals surface area contributed by atoms with Crippen LogP contribution in [0.3, 0.4) is 0 Å². The highest BCUT2D eigenvalue weighted by atomic mass is 19.1. The summed E-state index contributed by atoms with van der Waals surface area (Å²) in [6.45, 7) is 9.16. The van der Waals surface area contributed by atoms with Gasteiger partial charge in [0.15, 0.2) is 0 Å². The Kier molecular flexibility index (Phi) is 8.61. The lowest BCUT2D eigenvalue weighted by Gasteiger charge is -2.16. The maximum absolute atomic E-state index is 15.1. The first kappa shape index (κ1) is 25.7. The Morgan fingerprint density at radius 3 is 2.61 bits per heavy atom. The van der Waals surface area contributed by atoms with E-state index in [2.05, 4.69) is 51.2 Å². The second-order valence-electron chi connectivity index (χ2n) is 9.10. The lowest BCUT2D eigenvalue weighted by Crippen LogP contribution is -2.25. The molecule has 1 aliphatic rings. The Labute approximate surface area is 211 Å². The Hall–Kier alpha value is -3.36. The van der Waals surface area contributed by atoms with Gasteiger partial charge in [-0.1, -0.05) is 19.1 Å². The Morgan fingerprint density at radius 2 is 1.94 bits per heavy atom. The molecule has 0 saturated carbocycles. The van der Waals surface area contributed by atoms with E-state index < -0.39 is 5.82 Å². The van der Waals surface area contributed by atoms with Gasteiger partial charge >= 0.3 is 0 Å². The first-order valence-electron chi connectivity index (χ1n) is 12.5. The van der Waals surface area contributed by atoms with Gasteiger partial charge in [-0.05, 0) is 81.5 Å². The van der Waals surface area contributed by atoms with Crippen LogP contribution in [0.25, 0.3) is 28.1 Å². The summed E-state index contributed by atoms with van der Waals surface area (Å²) >= 11 is 0. The SMILES string of the molecule is C=N/C(=C\NCCNCCC)c1ccc(-c2ccc(-c3cnc([C@@H]4CCCN4C)[nH]3)c(F)c2)cc1F. The van der Waals surface area contributed by atoms with Crippen LogP contribution in [0.4, 0.5) is 8.78 Å². The average molecular weight is 493 g/mol. The van der Waals surface area contributed by atoms with Crippen molar-refractivity contribution in [1.82, 2.24) is 25.5 Å². The molecule has 0 amide bonds. The van der Waals surface area contributed by atoms with Gasteiger partial charge < -0.3 is 15.6 Å². The Balaban J connectivity index is 1.48. The summed E-state index contributed by atoms with van der Waals surface area (Å²) < 4.78 is 30.1. The number of hydrogen-bond acceptors (Lipinski definition) is 5. The van der Waals surface area contributed by atoms with E-state index in [0.717, 1.165) is 44.7 Å². The molecule has 1 saturated heterocycles. The predicted molar refractivity (Wildman–Crippen MR) is 143 cm³/mol. The number of hydrogen-bond donors (Lipinski definition) is 3. The van der Waals surface area contributed by atoms with Gasteiger partial charge in [0, 0.05) is 30.4 Å². The van der Waals surface area contributed by atoms with Crippen molar-refractivity contribution in [1.29, 1.82) is 0 Å². The van der Waals surface area contributed by atoms with Crippen molar-refractivity contribution in [2.45, 2.75) is 32.2 Å². The first-order valence-corrected chi connectivity index (χ1v) is 12.5. The fourth-order valence-corrected chi connectivity index (χ4v) is 4.55. The lowest BCUT2D eigenvalue weighted by molar-refractivity contribution is 0.307. The number of halogens is 2. The summed E-state index contributed by atoms with van der Waals surface area (Å²) in [5.41, 5.74) is 3.01. The second kappa shape index (κ2) is 12.1. The Bertz CT molecular complexity index is 1220. The van der Waals surface area contributed by atoms with Crippen LogP contribution in [0.5, 0.6) is 0 Å². The molecule has 1 aliphatic heterocycles. The topological polar surface area (TPSA) is 68.3 Å². The molecule has 0 aliphatic carbocycles. The maximum atomic E-state index is 15.1. The number of aromatic nitrogens is 2. The number of aromatic amines is 1. The number of imidazole rings is 1. The molecule has 2 aromatic carbocycles. The third-order valence-electron chi connectivity index (χ3n) is 6.55. The summed E-state index contributed by atoms with van der Waals surface area (Å²) in [5, 5.41) is 6.42. The predicted octanol–water partition coefficient (Wildman–Crippen LogP) is 5.38. The van der Waals surface area contributed by atoms with E-state index in [0.29, 0.717) is 40.2 Å². The Morgan fingerprint density at radius 1 is 1.17 bits per heavy atom. The molecule has 0 unspecified atom stereocenters. The minimum Gasteiger partial charge on any atom is -0.388 e. The molecule has 3 aromatic rings. The van der Waals surface area contributed by atoms with E-state index in [-0.39, 0.29) is 11.9 Å². The molecule has 1 aromatic heterocycles. The molecular weight excluding hydrogens is 458 g/mol. The molecule has 6 nitrogen and oxygen atoms in total. The van der Waals surface area contributed by atoms with Crippen molar-refractivity contribution in [3.8, 4) is 22.4 Å². The van der Waals surface area contributed by atoms with Gasteiger partial charge in [-0.2, -0.15) is 0 Å². The molecule has 8 heteroatoms. The molecule has 3 N–H and O–H groups in total. The molecule has 190 valence electrons. The number of nitrogens with zero attached hydrogens (tertiary/aromatic N) is 3. The maximum Gasteiger partial charge on any atom is 0.133 e. The molecular formula is C28H34F2N6. The van der Waals surface area contributed by atoms with E-state index in [1.54, 1.807) is 36.7 Å². The van der Waals surface area contributed by atoms with Gasteiger partial charge in [0.1, 0.15) is 17.5 Å². The summed E-state index contributed by atoms with van der Waals surface area (Å²) in [6, 6.07) is 9.97. The number of nitrogens with one attached hydrogen (secondary N) is 3. The standard InChI is InChI=1S/C28H34F2N6/c1-4-11-32-12-13-33-17-25(31-2)21-9-7-19(15-23(21)29)20-8-10-22(24(30)16-20)26-18-34-28(35-26)27-6-5-14-36(27)3/h7-10,15-18,27,32-33H,2,4-6,11-14H2,1,3H3,(H,34,35)/b25-17-/t27-/m0/s1. The largest absolute Gasteiger partial charge is 0.388 e. The summed E-state index contributed by atoms with van der Waals surface area (Å²) in [6.07, 6.45) is 6.58. The van der Waals surface area contributed by atoms with Crippen LogP contribution in [0.1, 0.15) is 43.6 Å². The van der Waals surface area contributed by atoms with Gasteiger partial charge in [-0.3, -0.25) is 9.89 Å². The normalized spacial score (nSPS) is 16.4. The van der Waals surface area contributed by atoms with Gasteiger partial charge in [0.25, 0.3) is 0 Å². The van der Waals surface area contributed by atoms with Gasteiger partial charge in [0.05, 0.1) is 23.6 Å². The number of H-pyrrole nitrogens is 1. The van der Waals surface area contributed by atoms with Crippen LogP contribution in [0, 0.1) is 11.6 Å². The highest BCUT2D eigenvalue weighted by molar-refractivity contribution is 5.73. The number of likely N-dealkylation sites (tertiary alicyclic amines) is 1. The quantitative estimate of drug-likeness (QED) is 0.248. The second-order valence-corrected chi connectivity index (χ2v) is 9.10. The molecule has 0 spiro atoms. The van der Waals surface area contributed by atoms with Gasteiger partial charge in [0.2, 0.25) is 0 Å². The van der Waals surface area contributed by atoms with Crippen LogP contribution < -0.4 is 10.6 Å². The van der Waals surface area contributed by atoms with Crippen LogP contribution in [-0.4, -0.2) is 54.8 Å². The smallest absolute Gasteiger partial charge is 0.133 e.